The van der Waals surface area contributed by atoms with Crippen LogP contribution in [-0.4, -0.2) is 65.7 Å². The molecule has 0 spiro atoms. The van der Waals surface area contributed by atoms with Crippen LogP contribution in [-0.2, 0) is 14.2 Å². The van der Waals surface area contributed by atoms with Crippen LogP contribution in [0, 0.1) is 5.92 Å². The number of guanidine groups is 1. The van der Waals surface area contributed by atoms with Crippen molar-refractivity contribution in [2.24, 2.45) is 10.9 Å². The Morgan fingerprint density at radius 3 is 2.67 bits per heavy atom. The van der Waals surface area contributed by atoms with E-state index >= 15 is 0 Å². The molecule has 6 nitrogen and oxygen atoms in total. The van der Waals surface area contributed by atoms with E-state index in [1.807, 2.05) is 0 Å². The Balaban J connectivity index is 2.02. The van der Waals surface area contributed by atoms with Gasteiger partial charge in [0.1, 0.15) is 0 Å². The fraction of sp³-hybridized carbons (Fsp3) is 0.944. The molecule has 1 aliphatic heterocycles. The van der Waals surface area contributed by atoms with Crippen molar-refractivity contribution in [2.75, 3.05) is 59.8 Å². The van der Waals surface area contributed by atoms with Gasteiger partial charge < -0.3 is 24.8 Å². The lowest BCUT2D eigenvalue weighted by molar-refractivity contribution is 0.0205. The van der Waals surface area contributed by atoms with Crippen molar-refractivity contribution in [3.63, 3.8) is 0 Å². The molecule has 1 rings (SSSR count). The van der Waals surface area contributed by atoms with E-state index in [0.717, 1.165) is 90.7 Å². The first kappa shape index (κ1) is 21.2. The number of rotatable bonds is 13. The summed E-state index contributed by atoms with van der Waals surface area (Å²) in [4.78, 5) is 4.60. The molecule has 1 saturated heterocycles. The third kappa shape index (κ3) is 11.6. The summed E-state index contributed by atoms with van der Waals surface area (Å²) in [7, 11) is 1.75. The van der Waals surface area contributed by atoms with Crippen LogP contribution in [0.25, 0.3) is 0 Å². The van der Waals surface area contributed by atoms with Crippen LogP contribution < -0.4 is 10.6 Å². The van der Waals surface area contributed by atoms with E-state index in [0.29, 0.717) is 5.92 Å². The minimum Gasteiger partial charge on any atom is -0.385 e. The SMILES string of the molecule is CCNC(=NCCCOCC1CCOCC1)NCCCCCOC. The normalized spacial score (nSPS) is 16.3. The molecule has 1 heterocycles. The highest BCUT2D eigenvalue weighted by Gasteiger charge is 2.13. The van der Waals surface area contributed by atoms with E-state index < -0.39 is 0 Å². The molecule has 0 aromatic carbocycles. The smallest absolute Gasteiger partial charge is 0.191 e. The molecule has 2 N–H and O–H groups in total. The molecule has 0 unspecified atom stereocenters. The monoisotopic (exact) mass is 343 g/mol. The molecule has 0 bridgehead atoms. The summed E-state index contributed by atoms with van der Waals surface area (Å²) in [5.74, 6) is 1.59. The van der Waals surface area contributed by atoms with Crippen molar-refractivity contribution in [1.29, 1.82) is 0 Å². The van der Waals surface area contributed by atoms with Crippen LogP contribution in [0.15, 0.2) is 4.99 Å². The maximum absolute atomic E-state index is 5.77. The fourth-order valence-corrected chi connectivity index (χ4v) is 2.62. The quantitative estimate of drug-likeness (QED) is 0.305. The highest BCUT2D eigenvalue weighted by molar-refractivity contribution is 5.79. The van der Waals surface area contributed by atoms with Crippen LogP contribution >= 0.6 is 0 Å². The molecule has 0 amide bonds. The van der Waals surface area contributed by atoms with E-state index in [-0.39, 0.29) is 0 Å². The van der Waals surface area contributed by atoms with Gasteiger partial charge in [-0.05, 0) is 51.4 Å². The second-order valence-corrected chi connectivity index (χ2v) is 6.23. The lowest BCUT2D eigenvalue weighted by atomic mass is 10.0. The largest absolute Gasteiger partial charge is 0.385 e. The Hall–Kier alpha value is -0.850. The molecular weight excluding hydrogens is 306 g/mol. The van der Waals surface area contributed by atoms with Crippen molar-refractivity contribution in [2.45, 2.75) is 45.4 Å². The highest BCUT2D eigenvalue weighted by Crippen LogP contribution is 2.14. The zero-order valence-corrected chi connectivity index (χ0v) is 15.6. The van der Waals surface area contributed by atoms with Crippen molar-refractivity contribution in [1.82, 2.24) is 10.6 Å². The second kappa shape index (κ2) is 15.7. The molecule has 0 aromatic rings. The average molecular weight is 344 g/mol. The molecule has 24 heavy (non-hydrogen) atoms. The van der Waals surface area contributed by atoms with Crippen LogP contribution in [0.5, 0.6) is 0 Å². The maximum Gasteiger partial charge on any atom is 0.191 e. The molecule has 1 aliphatic rings. The Morgan fingerprint density at radius 1 is 1.08 bits per heavy atom. The third-order valence-electron chi connectivity index (χ3n) is 4.07. The van der Waals surface area contributed by atoms with E-state index in [9.17, 15) is 0 Å². The zero-order valence-electron chi connectivity index (χ0n) is 15.6. The first-order valence-corrected chi connectivity index (χ1v) is 9.53. The minimum absolute atomic E-state index is 0.680. The molecule has 0 aliphatic carbocycles. The summed E-state index contributed by atoms with van der Waals surface area (Å²) < 4.78 is 16.2. The standard InChI is InChI=1S/C18H37N3O3/c1-3-19-18(20-10-5-4-6-12-22-2)21-11-7-13-24-16-17-8-14-23-15-9-17/h17H,3-16H2,1-2H3,(H2,19,20,21). The maximum atomic E-state index is 5.77. The van der Waals surface area contributed by atoms with Crippen molar-refractivity contribution in [3.8, 4) is 0 Å². The molecular formula is C18H37N3O3. The van der Waals surface area contributed by atoms with Gasteiger partial charge in [0.05, 0.1) is 0 Å². The number of aliphatic imine (C=N–C) groups is 1. The lowest BCUT2D eigenvalue weighted by Crippen LogP contribution is -2.37. The van der Waals surface area contributed by atoms with Crippen LogP contribution in [0.2, 0.25) is 0 Å². The summed E-state index contributed by atoms with van der Waals surface area (Å²) in [5.41, 5.74) is 0. The fourth-order valence-electron chi connectivity index (χ4n) is 2.62. The summed E-state index contributed by atoms with van der Waals surface area (Å²) in [6.45, 7) is 9.01. The van der Waals surface area contributed by atoms with Crippen molar-refractivity contribution in [3.05, 3.63) is 0 Å². The molecule has 6 heteroatoms. The van der Waals surface area contributed by atoms with E-state index in [4.69, 9.17) is 14.2 Å². The Bertz CT molecular complexity index is 308. The summed E-state index contributed by atoms with van der Waals surface area (Å²) in [5, 5.41) is 6.67. The highest BCUT2D eigenvalue weighted by atomic mass is 16.5. The number of hydrogen-bond donors (Lipinski definition) is 2. The average Bonchev–Trinajstić information content (AvgIpc) is 2.61. The first-order valence-electron chi connectivity index (χ1n) is 9.53. The number of methoxy groups -OCH3 is 1. The minimum atomic E-state index is 0.680. The van der Waals surface area contributed by atoms with Gasteiger partial charge in [-0.2, -0.15) is 0 Å². The van der Waals surface area contributed by atoms with Crippen LogP contribution in [0.4, 0.5) is 0 Å². The summed E-state index contributed by atoms with van der Waals surface area (Å²) >= 11 is 0. The predicted octanol–water partition coefficient (Wildman–Crippen LogP) is 2.19. The van der Waals surface area contributed by atoms with Gasteiger partial charge in [-0.25, -0.2) is 0 Å². The van der Waals surface area contributed by atoms with E-state index in [1.54, 1.807) is 7.11 Å². The molecule has 0 aromatic heterocycles. The van der Waals surface area contributed by atoms with Crippen molar-refractivity contribution >= 4 is 5.96 Å². The molecule has 0 radical (unpaired) electrons. The summed E-state index contributed by atoms with van der Waals surface area (Å²) in [6, 6.07) is 0. The molecule has 1 fully saturated rings. The topological polar surface area (TPSA) is 64.1 Å². The third-order valence-corrected chi connectivity index (χ3v) is 4.07. The van der Waals surface area contributed by atoms with Gasteiger partial charge in [0.25, 0.3) is 0 Å². The van der Waals surface area contributed by atoms with Gasteiger partial charge in [-0.3, -0.25) is 4.99 Å². The number of nitrogens with zero attached hydrogens (tertiary/aromatic N) is 1. The number of ether oxygens (including phenoxy) is 3. The van der Waals surface area contributed by atoms with Crippen molar-refractivity contribution < 1.29 is 14.2 Å². The lowest BCUT2D eigenvalue weighted by Gasteiger charge is -2.21. The molecule has 0 saturated carbocycles. The summed E-state index contributed by atoms with van der Waals surface area (Å²) in [6.07, 6.45) is 6.68. The number of hydrogen-bond acceptors (Lipinski definition) is 4. The first-order chi connectivity index (χ1) is 11.9. The van der Waals surface area contributed by atoms with Gasteiger partial charge in [-0.1, -0.05) is 0 Å². The van der Waals surface area contributed by atoms with Gasteiger partial charge >= 0.3 is 0 Å². The second-order valence-electron chi connectivity index (χ2n) is 6.23. The van der Waals surface area contributed by atoms with Gasteiger partial charge in [0.15, 0.2) is 5.96 Å². The van der Waals surface area contributed by atoms with Crippen LogP contribution in [0.3, 0.4) is 0 Å². The van der Waals surface area contributed by atoms with Crippen LogP contribution in [0.1, 0.15) is 45.4 Å². The van der Waals surface area contributed by atoms with Gasteiger partial charge in [0, 0.05) is 59.8 Å². The van der Waals surface area contributed by atoms with E-state index in [1.165, 1.54) is 6.42 Å². The molecule has 0 atom stereocenters. The number of nitrogens with one attached hydrogen (secondary N) is 2. The Labute approximate surface area is 147 Å². The number of unbranched alkanes of at least 4 members (excludes halogenated alkanes) is 2. The Kier molecular flexibility index (Phi) is 13.8. The predicted molar refractivity (Wildman–Crippen MR) is 98.7 cm³/mol. The van der Waals surface area contributed by atoms with Gasteiger partial charge in [0.2, 0.25) is 0 Å². The van der Waals surface area contributed by atoms with Gasteiger partial charge in [-0.15, -0.1) is 0 Å². The Morgan fingerprint density at radius 2 is 1.92 bits per heavy atom. The van der Waals surface area contributed by atoms with E-state index in [2.05, 4.69) is 22.5 Å². The molecule has 142 valence electrons. The zero-order chi connectivity index (χ0) is 17.3.